The van der Waals surface area contributed by atoms with Gasteiger partial charge >= 0.3 is 0 Å². The van der Waals surface area contributed by atoms with E-state index >= 15 is 0 Å². The van der Waals surface area contributed by atoms with Crippen molar-refractivity contribution in [3.63, 3.8) is 0 Å². The summed E-state index contributed by atoms with van der Waals surface area (Å²) in [5, 5.41) is 4.51. The second kappa shape index (κ2) is 7.27. The minimum atomic E-state index is -0.0430. The van der Waals surface area contributed by atoms with E-state index in [0.717, 1.165) is 27.2 Å². The van der Waals surface area contributed by atoms with Crippen molar-refractivity contribution < 1.29 is 4.79 Å². The Morgan fingerprint density at radius 1 is 1.32 bits per heavy atom. The third kappa shape index (κ3) is 3.72. The van der Waals surface area contributed by atoms with Crippen LogP contribution >= 0.6 is 34.7 Å². The summed E-state index contributed by atoms with van der Waals surface area (Å²) < 4.78 is 1.01. The molecule has 1 N–H and O–H groups in total. The number of rotatable bonds is 4. The van der Waals surface area contributed by atoms with Crippen molar-refractivity contribution in [2.45, 2.75) is 41.0 Å². The summed E-state index contributed by atoms with van der Waals surface area (Å²) in [5.41, 5.74) is 0. The first-order chi connectivity index (χ1) is 12.1. The van der Waals surface area contributed by atoms with Crippen LogP contribution in [0.15, 0.2) is 39.6 Å². The molecule has 2 aromatic rings. The predicted octanol–water partition coefficient (Wildman–Crippen LogP) is 4.16. The second-order valence-corrected chi connectivity index (χ2v) is 9.49. The van der Waals surface area contributed by atoms with Crippen LogP contribution in [-0.2, 0) is 0 Å². The van der Waals surface area contributed by atoms with Crippen LogP contribution in [0.1, 0.15) is 29.6 Å². The molecule has 3 saturated heterocycles. The molecule has 5 rings (SSSR count). The van der Waals surface area contributed by atoms with Gasteiger partial charge in [-0.1, -0.05) is 23.4 Å². The van der Waals surface area contributed by atoms with Crippen molar-refractivity contribution in [2.24, 2.45) is 5.92 Å². The molecule has 1 amide bonds. The Balaban J connectivity index is 1.41. The zero-order valence-corrected chi connectivity index (χ0v) is 16.3. The molecule has 1 aromatic heterocycles. The van der Waals surface area contributed by atoms with Crippen LogP contribution in [0.25, 0.3) is 0 Å². The third-order valence-corrected chi connectivity index (χ3v) is 7.54. The van der Waals surface area contributed by atoms with E-state index in [1.165, 1.54) is 24.2 Å². The van der Waals surface area contributed by atoms with Crippen molar-refractivity contribution in [3.05, 3.63) is 40.5 Å². The number of aromatic nitrogens is 1. The zero-order valence-electron chi connectivity index (χ0n) is 13.9. The van der Waals surface area contributed by atoms with E-state index in [4.69, 9.17) is 11.6 Å². The highest BCUT2D eigenvalue weighted by molar-refractivity contribution is 8.01. The number of halogens is 1. The Kier molecular flexibility index (Phi) is 5.04. The zero-order chi connectivity index (χ0) is 17.4. The molecular formula is C18H20ClN3OS2. The average molecular weight is 394 g/mol. The Morgan fingerprint density at radius 3 is 2.72 bits per heavy atom. The number of amides is 1. The van der Waals surface area contributed by atoms with Gasteiger partial charge in [0.25, 0.3) is 5.91 Å². The van der Waals surface area contributed by atoms with E-state index in [1.807, 2.05) is 24.3 Å². The number of benzene rings is 1. The number of piperidine rings is 3. The molecule has 0 radical (unpaired) electrons. The molecule has 2 bridgehead atoms. The molecule has 7 heteroatoms. The van der Waals surface area contributed by atoms with Crippen LogP contribution in [0, 0.1) is 5.92 Å². The van der Waals surface area contributed by atoms with Crippen molar-refractivity contribution in [3.8, 4) is 0 Å². The Morgan fingerprint density at radius 2 is 2.04 bits per heavy atom. The summed E-state index contributed by atoms with van der Waals surface area (Å²) in [6.45, 7) is 4.55. The van der Waals surface area contributed by atoms with Gasteiger partial charge in [0.05, 0.1) is 10.4 Å². The molecule has 25 heavy (non-hydrogen) atoms. The molecule has 132 valence electrons. The average Bonchev–Trinajstić information content (AvgIpc) is 3.09. The Labute approximate surface area is 161 Å². The lowest BCUT2D eigenvalue weighted by Crippen LogP contribution is -2.62. The van der Waals surface area contributed by atoms with E-state index in [-0.39, 0.29) is 11.9 Å². The van der Waals surface area contributed by atoms with Crippen molar-refractivity contribution >= 4 is 40.6 Å². The lowest BCUT2D eigenvalue weighted by atomic mass is 9.79. The maximum Gasteiger partial charge on any atom is 0.280 e. The molecule has 3 aliphatic rings. The van der Waals surface area contributed by atoms with Crippen LogP contribution in [0.2, 0.25) is 5.02 Å². The fourth-order valence-corrected chi connectivity index (χ4v) is 5.77. The number of nitrogens with one attached hydrogen (secondary N) is 1. The van der Waals surface area contributed by atoms with Gasteiger partial charge in [0.2, 0.25) is 0 Å². The molecule has 3 fully saturated rings. The van der Waals surface area contributed by atoms with Crippen LogP contribution in [0.3, 0.4) is 0 Å². The summed E-state index contributed by atoms with van der Waals surface area (Å²) >= 11 is 8.96. The fraction of sp³-hybridized carbons (Fsp3) is 0.444. The summed E-state index contributed by atoms with van der Waals surface area (Å²) in [4.78, 5) is 20.5. The normalized spacial score (nSPS) is 28.1. The lowest BCUT2D eigenvalue weighted by Gasteiger charge is -2.49. The molecule has 0 unspecified atom stereocenters. The molecule has 0 saturated carbocycles. The largest absolute Gasteiger partial charge is 0.345 e. The van der Waals surface area contributed by atoms with Gasteiger partial charge in [-0.25, -0.2) is 4.98 Å². The van der Waals surface area contributed by atoms with Gasteiger partial charge in [0.15, 0.2) is 5.01 Å². The number of nitrogens with zero attached hydrogens (tertiary/aromatic N) is 2. The first kappa shape index (κ1) is 17.3. The molecule has 0 spiro atoms. The van der Waals surface area contributed by atoms with Crippen molar-refractivity contribution in [1.82, 2.24) is 15.2 Å². The Hall–Kier alpha value is -1.08. The van der Waals surface area contributed by atoms with Crippen molar-refractivity contribution in [2.75, 3.05) is 13.1 Å². The van der Waals surface area contributed by atoms with Gasteiger partial charge in [-0.3, -0.25) is 9.69 Å². The SMILES string of the molecule is C[C@H]1[C@H](NC(=O)c2ncc(Sc3ccc(Cl)cc3)s2)C2CCN1CC2. The summed E-state index contributed by atoms with van der Waals surface area (Å²) in [6, 6.07) is 8.34. The van der Waals surface area contributed by atoms with Gasteiger partial charge in [0, 0.05) is 22.0 Å². The van der Waals surface area contributed by atoms with Gasteiger partial charge < -0.3 is 5.32 Å². The molecule has 1 aromatic carbocycles. The van der Waals surface area contributed by atoms with E-state index in [0.29, 0.717) is 17.0 Å². The highest BCUT2D eigenvalue weighted by Crippen LogP contribution is 2.34. The van der Waals surface area contributed by atoms with Crippen molar-refractivity contribution in [1.29, 1.82) is 0 Å². The van der Waals surface area contributed by atoms with Gasteiger partial charge in [0.1, 0.15) is 0 Å². The fourth-order valence-electron chi connectivity index (χ4n) is 3.79. The molecule has 0 aliphatic carbocycles. The van der Waals surface area contributed by atoms with Gasteiger partial charge in [-0.05, 0) is 63.0 Å². The van der Waals surface area contributed by atoms with E-state index in [1.54, 1.807) is 18.0 Å². The standard InChI is InChI=1S/C18H20ClN3OS2/c1-11-16(12-6-8-22(11)9-7-12)21-17(23)18-20-10-15(25-18)24-14-4-2-13(19)3-5-14/h2-5,10-12,16H,6-9H2,1H3,(H,21,23)/t11-,16-/m0/s1. The highest BCUT2D eigenvalue weighted by Gasteiger charge is 2.40. The number of fused-ring (bicyclic) bond motifs is 3. The number of hydrogen-bond acceptors (Lipinski definition) is 5. The first-order valence-corrected chi connectivity index (χ1v) is 10.6. The monoisotopic (exact) mass is 393 g/mol. The molecule has 3 aliphatic heterocycles. The lowest BCUT2D eigenvalue weighted by molar-refractivity contribution is 0.0217. The first-order valence-electron chi connectivity index (χ1n) is 8.54. The molecule has 4 nitrogen and oxygen atoms in total. The number of carbonyl (C=O) groups is 1. The quantitative estimate of drug-likeness (QED) is 0.847. The molecular weight excluding hydrogens is 374 g/mol. The summed E-state index contributed by atoms with van der Waals surface area (Å²) in [7, 11) is 0. The minimum absolute atomic E-state index is 0.0430. The van der Waals surface area contributed by atoms with E-state index < -0.39 is 0 Å². The van der Waals surface area contributed by atoms with Crippen LogP contribution in [-0.4, -0.2) is 41.0 Å². The number of thiazole rings is 1. The van der Waals surface area contributed by atoms with Crippen LogP contribution in [0.4, 0.5) is 0 Å². The second-order valence-electron chi connectivity index (χ2n) is 6.65. The van der Waals surface area contributed by atoms with Gasteiger partial charge in [-0.2, -0.15) is 0 Å². The molecule has 4 heterocycles. The summed E-state index contributed by atoms with van der Waals surface area (Å²) in [6.07, 6.45) is 4.15. The third-order valence-electron chi connectivity index (χ3n) is 5.19. The number of carbonyl (C=O) groups excluding carboxylic acids is 1. The van der Waals surface area contributed by atoms with Crippen LogP contribution < -0.4 is 5.32 Å². The minimum Gasteiger partial charge on any atom is -0.345 e. The smallest absolute Gasteiger partial charge is 0.280 e. The maximum absolute atomic E-state index is 12.6. The van der Waals surface area contributed by atoms with Crippen LogP contribution in [0.5, 0.6) is 0 Å². The molecule has 2 atom stereocenters. The maximum atomic E-state index is 12.6. The number of hydrogen-bond donors (Lipinski definition) is 1. The van der Waals surface area contributed by atoms with Gasteiger partial charge in [-0.15, -0.1) is 11.3 Å². The summed E-state index contributed by atoms with van der Waals surface area (Å²) in [5.74, 6) is 0.561. The van der Waals surface area contributed by atoms with E-state index in [9.17, 15) is 4.79 Å². The Bertz CT molecular complexity index is 754. The topological polar surface area (TPSA) is 45.2 Å². The highest BCUT2D eigenvalue weighted by atomic mass is 35.5. The van der Waals surface area contributed by atoms with E-state index in [2.05, 4.69) is 22.1 Å². The predicted molar refractivity (Wildman–Crippen MR) is 103 cm³/mol.